The van der Waals surface area contributed by atoms with E-state index in [0.717, 1.165) is 6.42 Å². The summed E-state index contributed by atoms with van der Waals surface area (Å²) in [6, 6.07) is 0. The lowest BCUT2D eigenvalue weighted by molar-refractivity contribution is -0.120. The van der Waals surface area contributed by atoms with Gasteiger partial charge in [-0.3, -0.25) is 4.79 Å². The van der Waals surface area contributed by atoms with Crippen molar-refractivity contribution in [1.82, 2.24) is 5.32 Å². The molecule has 0 aliphatic rings. The van der Waals surface area contributed by atoms with E-state index in [4.69, 9.17) is 0 Å². The molecule has 0 atom stereocenters. The largest absolute Gasteiger partial charge is 0.359 e. The molecule has 0 aliphatic heterocycles. The van der Waals surface area contributed by atoms with Gasteiger partial charge in [-0.05, 0) is 13.5 Å². The van der Waals surface area contributed by atoms with E-state index in [0.29, 0.717) is 6.42 Å². The van der Waals surface area contributed by atoms with Crippen LogP contribution in [0.25, 0.3) is 0 Å². The molecule has 100 valence electrons. The number of nitrogens with one attached hydrogen (secondary N) is 1. The Kier molecular flexibility index (Phi) is 31.1. The van der Waals surface area contributed by atoms with Gasteiger partial charge in [0, 0.05) is 13.5 Å². The lowest BCUT2D eigenvalue weighted by Crippen LogP contribution is -2.16. The number of carbonyl (C=O) groups is 1. The fourth-order valence-electron chi connectivity index (χ4n) is 1.19. The van der Waals surface area contributed by atoms with Crippen molar-refractivity contribution in [3.05, 3.63) is 0 Å². The molecule has 0 rings (SSSR count). The number of unbranched alkanes of at least 4 members (excludes halogenated alkanes) is 5. The van der Waals surface area contributed by atoms with E-state index in [2.05, 4.69) is 18.0 Å². The average molecular weight is 232 g/mol. The summed E-state index contributed by atoms with van der Waals surface area (Å²) in [5, 5.41) is 2.63. The molecule has 3 nitrogen and oxygen atoms in total. The Hall–Kier alpha value is -0.570. The van der Waals surface area contributed by atoms with E-state index in [1.54, 1.807) is 7.05 Å². The maximum atomic E-state index is 10.8. The third-order valence-electron chi connectivity index (χ3n) is 2.04. The molecule has 0 aromatic heterocycles. The molecule has 0 aliphatic carbocycles. The predicted molar refractivity (Wildman–Crippen MR) is 73.5 cm³/mol. The Morgan fingerprint density at radius 3 is 1.88 bits per heavy atom. The van der Waals surface area contributed by atoms with Crippen molar-refractivity contribution in [1.29, 1.82) is 0 Å². The molecule has 0 saturated heterocycles. The minimum Gasteiger partial charge on any atom is -0.359 e. The molecule has 3 N–H and O–H groups in total. The van der Waals surface area contributed by atoms with Gasteiger partial charge in [-0.25, -0.2) is 0 Å². The lowest BCUT2D eigenvalue weighted by Gasteiger charge is -1.99. The second-order valence-corrected chi connectivity index (χ2v) is 3.19. The van der Waals surface area contributed by atoms with E-state index in [-0.39, 0.29) is 5.91 Å². The van der Waals surface area contributed by atoms with Crippen molar-refractivity contribution in [2.45, 2.75) is 65.7 Å². The minimum absolute atomic E-state index is 0.172. The molecule has 0 bridgehead atoms. The second-order valence-electron chi connectivity index (χ2n) is 3.19. The third-order valence-corrected chi connectivity index (χ3v) is 2.04. The van der Waals surface area contributed by atoms with Crippen molar-refractivity contribution in [3.63, 3.8) is 0 Å². The van der Waals surface area contributed by atoms with E-state index < -0.39 is 0 Å². The van der Waals surface area contributed by atoms with Crippen LogP contribution in [-0.4, -0.2) is 20.0 Å². The molecule has 1 amide bonds. The van der Waals surface area contributed by atoms with E-state index >= 15 is 0 Å². The van der Waals surface area contributed by atoms with Crippen molar-refractivity contribution in [2.75, 3.05) is 14.1 Å². The summed E-state index contributed by atoms with van der Waals surface area (Å²) in [4.78, 5) is 10.8. The van der Waals surface area contributed by atoms with Gasteiger partial charge in [-0.1, -0.05) is 52.9 Å². The van der Waals surface area contributed by atoms with Gasteiger partial charge in [0.2, 0.25) is 5.91 Å². The molecule has 0 fully saturated rings. The van der Waals surface area contributed by atoms with Gasteiger partial charge in [0.05, 0.1) is 0 Å². The first-order valence-electron chi connectivity index (χ1n) is 6.59. The summed E-state index contributed by atoms with van der Waals surface area (Å²) < 4.78 is 0. The minimum atomic E-state index is 0.172. The number of nitrogens with two attached hydrogens (primary N) is 1. The van der Waals surface area contributed by atoms with Gasteiger partial charge >= 0.3 is 0 Å². The summed E-state index contributed by atoms with van der Waals surface area (Å²) in [6.45, 7) is 6.21. The van der Waals surface area contributed by atoms with Crippen LogP contribution in [0, 0.1) is 0 Å². The zero-order valence-corrected chi connectivity index (χ0v) is 11.9. The van der Waals surface area contributed by atoms with Crippen molar-refractivity contribution in [2.24, 2.45) is 5.73 Å². The third kappa shape index (κ3) is 23.3. The smallest absolute Gasteiger partial charge is 0.219 e. The molecule has 0 saturated carbocycles. The van der Waals surface area contributed by atoms with E-state index in [1.165, 1.54) is 39.2 Å². The first-order valence-corrected chi connectivity index (χ1v) is 6.59. The highest BCUT2D eigenvalue weighted by molar-refractivity contribution is 5.75. The van der Waals surface area contributed by atoms with Crippen LogP contribution in [0.3, 0.4) is 0 Å². The summed E-state index contributed by atoms with van der Waals surface area (Å²) >= 11 is 0. The maximum absolute atomic E-state index is 10.8. The number of amides is 1. The molecule has 0 heterocycles. The molecule has 0 radical (unpaired) electrons. The summed E-state index contributed by atoms with van der Waals surface area (Å²) in [6.07, 6.45) is 8.17. The normalized spacial score (nSPS) is 8.12. The standard InChI is InChI=1S/C10H21NO.C2H6.CH5N/c1-3-4-5-6-7-8-9-10(12)11-2;2*1-2/h3-9H2,1-2H3,(H,11,12);1-2H3;2H2,1H3. The fourth-order valence-corrected chi connectivity index (χ4v) is 1.19. The molecule has 0 aromatic carbocycles. The van der Waals surface area contributed by atoms with Crippen LogP contribution in [0.5, 0.6) is 0 Å². The SMILES string of the molecule is CC.CCCCCCCCC(=O)NC.CN. The van der Waals surface area contributed by atoms with Crippen LogP contribution in [-0.2, 0) is 4.79 Å². The molecule has 0 spiro atoms. The maximum Gasteiger partial charge on any atom is 0.219 e. The zero-order chi connectivity index (χ0) is 13.2. The Morgan fingerprint density at radius 2 is 1.44 bits per heavy atom. The van der Waals surface area contributed by atoms with E-state index in [1.807, 2.05) is 13.8 Å². The van der Waals surface area contributed by atoms with Gasteiger partial charge in [0.1, 0.15) is 0 Å². The zero-order valence-electron chi connectivity index (χ0n) is 11.9. The first kappa shape index (κ1) is 20.8. The topological polar surface area (TPSA) is 55.1 Å². The predicted octanol–water partition coefficient (Wildman–Crippen LogP) is 3.08. The Bertz CT molecular complexity index is 117. The highest BCUT2D eigenvalue weighted by Crippen LogP contribution is 2.06. The highest BCUT2D eigenvalue weighted by Gasteiger charge is 1.96. The average Bonchev–Trinajstić information content (AvgIpc) is 2.38. The number of hydrogen-bond donors (Lipinski definition) is 2. The summed E-state index contributed by atoms with van der Waals surface area (Å²) in [5.41, 5.74) is 4.50. The number of rotatable bonds is 7. The number of hydrogen-bond acceptors (Lipinski definition) is 2. The van der Waals surface area contributed by atoms with Crippen molar-refractivity contribution in [3.8, 4) is 0 Å². The van der Waals surface area contributed by atoms with Crippen LogP contribution in [0.1, 0.15) is 65.7 Å². The van der Waals surface area contributed by atoms with E-state index in [9.17, 15) is 4.79 Å². The first-order chi connectivity index (χ1) is 7.81. The Morgan fingerprint density at radius 1 is 1.00 bits per heavy atom. The monoisotopic (exact) mass is 232 g/mol. The van der Waals surface area contributed by atoms with Gasteiger partial charge < -0.3 is 11.1 Å². The lowest BCUT2D eigenvalue weighted by atomic mass is 10.1. The summed E-state index contributed by atoms with van der Waals surface area (Å²) in [5.74, 6) is 0.172. The number of carbonyl (C=O) groups excluding carboxylic acids is 1. The molecule has 3 heteroatoms. The highest BCUT2D eigenvalue weighted by atomic mass is 16.1. The Balaban J connectivity index is -0.000000376. The van der Waals surface area contributed by atoms with Gasteiger partial charge in [0.15, 0.2) is 0 Å². The van der Waals surface area contributed by atoms with Crippen molar-refractivity contribution < 1.29 is 4.79 Å². The van der Waals surface area contributed by atoms with Crippen LogP contribution in [0.2, 0.25) is 0 Å². The molecular formula is C13H32N2O. The molecule has 0 aromatic rings. The van der Waals surface area contributed by atoms with Crippen molar-refractivity contribution >= 4 is 5.91 Å². The summed E-state index contributed by atoms with van der Waals surface area (Å²) in [7, 11) is 3.19. The fraction of sp³-hybridized carbons (Fsp3) is 0.923. The van der Waals surface area contributed by atoms with Crippen LogP contribution in [0.15, 0.2) is 0 Å². The molecular weight excluding hydrogens is 200 g/mol. The quantitative estimate of drug-likeness (QED) is 0.663. The second kappa shape index (κ2) is 23.9. The van der Waals surface area contributed by atoms with Crippen LogP contribution < -0.4 is 11.1 Å². The van der Waals surface area contributed by atoms with Gasteiger partial charge in [-0.15, -0.1) is 0 Å². The Labute approximate surface area is 102 Å². The van der Waals surface area contributed by atoms with Gasteiger partial charge in [-0.2, -0.15) is 0 Å². The van der Waals surface area contributed by atoms with Crippen LogP contribution >= 0.6 is 0 Å². The molecule has 0 unspecified atom stereocenters. The van der Waals surface area contributed by atoms with Crippen LogP contribution in [0.4, 0.5) is 0 Å². The van der Waals surface area contributed by atoms with Gasteiger partial charge in [0.25, 0.3) is 0 Å². The molecule has 16 heavy (non-hydrogen) atoms.